The Hall–Kier alpha value is -3.82. The highest BCUT2D eigenvalue weighted by molar-refractivity contribution is 9.09. The zero-order valence-electron chi connectivity index (χ0n) is 28.1. The van der Waals surface area contributed by atoms with E-state index in [4.69, 9.17) is 42.5 Å². The lowest BCUT2D eigenvalue weighted by molar-refractivity contribution is 0.0137. The second kappa shape index (κ2) is 17.1. The van der Waals surface area contributed by atoms with Gasteiger partial charge in [0.1, 0.15) is 45.4 Å². The molecule has 0 saturated carbocycles. The van der Waals surface area contributed by atoms with E-state index < -0.39 is 12.2 Å². The summed E-state index contributed by atoms with van der Waals surface area (Å²) in [5.74, 6) is 1.60. The van der Waals surface area contributed by atoms with Gasteiger partial charge in [-0.05, 0) is 59.7 Å². The summed E-state index contributed by atoms with van der Waals surface area (Å²) in [5, 5.41) is 33.0. The van der Waals surface area contributed by atoms with Crippen LogP contribution >= 0.6 is 39.1 Å². The molecule has 1 saturated heterocycles. The van der Waals surface area contributed by atoms with Gasteiger partial charge in [0.15, 0.2) is 11.3 Å². The Kier molecular flexibility index (Phi) is 12.4. The number of aliphatic hydroxyl groups is 2. The van der Waals surface area contributed by atoms with Gasteiger partial charge in [0, 0.05) is 35.7 Å². The van der Waals surface area contributed by atoms with E-state index in [2.05, 4.69) is 35.9 Å². The van der Waals surface area contributed by atoms with E-state index in [-0.39, 0.29) is 0 Å². The number of alkyl halides is 1. The first-order valence-corrected chi connectivity index (χ1v) is 18.2. The molecule has 2 N–H and O–H groups in total. The average molecular weight is 800 g/mol. The third-order valence-electron chi connectivity index (χ3n) is 8.48. The Balaban J connectivity index is 0.000000179. The summed E-state index contributed by atoms with van der Waals surface area (Å²) < 4.78 is 19.3. The summed E-state index contributed by atoms with van der Waals surface area (Å²) >= 11 is 15.4. The molecule has 7 rings (SSSR count). The van der Waals surface area contributed by atoms with Crippen LogP contribution in [0.5, 0.6) is 11.5 Å². The maximum Gasteiger partial charge on any atom is 0.160 e. The summed E-state index contributed by atoms with van der Waals surface area (Å²) in [7, 11) is 3.28. The van der Waals surface area contributed by atoms with Crippen molar-refractivity contribution in [3.8, 4) is 11.5 Å². The van der Waals surface area contributed by atoms with E-state index in [0.717, 1.165) is 46.5 Å². The van der Waals surface area contributed by atoms with Crippen molar-refractivity contribution >= 4 is 61.2 Å². The van der Waals surface area contributed by atoms with E-state index >= 15 is 0 Å². The third kappa shape index (κ3) is 8.98. The SMILES string of the molecule is COc1ccc(Cn2nc(C(O)CBr)c3ccc(Cl)nc32)cc1.COc1ccc(Cn2nc(C(O)CN3CCOCC3)c3ccc(Cl)nc32)cc1. The highest BCUT2D eigenvalue weighted by Crippen LogP contribution is 2.28. The standard InChI is InChI=1S/C20H23ClN4O3.C16H15BrClN3O2/c1-27-15-4-2-14(3-5-15)12-25-20-16(6-7-18(21)22-20)19(23-25)17(26)13-24-8-10-28-11-9-24;1-23-11-4-2-10(3-5-11)9-21-16-12(6-7-14(18)19-16)15(20-21)13(22)8-17/h2-7,17,26H,8-13H2,1H3;2-7,13,22H,8-9H2,1H3. The number of rotatable bonds is 11. The molecule has 1 fully saturated rings. The molecular formula is C36H38BrCl2N7O5. The molecule has 0 amide bonds. The molecule has 15 heteroatoms. The van der Waals surface area contributed by atoms with Gasteiger partial charge in [0.2, 0.25) is 0 Å². The molecule has 12 nitrogen and oxygen atoms in total. The lowest BCUT2D eigenvalue weighted by Crippen LogP contribution is -2.38. The zero-order valence-corrected chi connectivity index (χ0v) is 31.2. The minimum absolute atomic E-state index is 0.397. The highest BCUT2D eigenvalue weighted by atomic mass is 79.9. The molecule has 268 valence electrons. The molecule has 0 spiro atoms. The molecule has 6 aromatic rings. The molecule has 2 atom stereocenters. The number of nitrogens with zero attached hydrogens (tertiary/aromatic N) is 7. The molecule has 2 unspecified atom stereocenters. The van der Waals surface area contributed by atoms with Gasteiger partial charge < -0.3 is 24.4 Å². The lowest BCUT2D eigenvalue weighted by Gasteiger charge is -2.28. The number of hydrogen-bond acceptors (Lipinski definition) is 10. The molecule has 2 aromatic carbocycles. The molecule has 0 radical (unpaired) electrons. The molecule has 4 aromatic heterocycles. The van der Waals surface area contributed by atoms with E-state index in [1.54, 1.807) is 35.7 Å². The minimum Gasteiger partial charge on any atom is -0.497 e. The Morgan fingerprint density at radius 1 is 0.706 bits per heavy atom. The Morgan fingerprint density at radius 3 is 1.59 bits per heavy atom. The van der Waals surface area contributed by atoms with Gasteiger partial charge in [-0.25, -0.2) is 19.3 Å². The Bertz CT molecular complexity index is 2050. The predicted octanol–water partition coefficient (Wildman–Crippen LogP) is 6.08. The van der Waals surface area contributed by atoms with Gasteiger partial charge >= 0.3 is 0 Å². The van der Waals surface area contributed by atoms with Crippen molar-refractivity contribution in [1.82, 2.24) is 34.4 Å². The van der Waals surface area contributed by atoms with E-state index in [1.807, 2.05) is 60.7 Å². The maximum absolute atomic E-state index is 10.9. The van der Waals surface area contributed by atoms with Gasteiger partial charge in [-0.3, -0.25) is 4.90 Å². The second-order valence-corrected chi connectivity index (χ2v) is 13.3. The predicted molar refractivity (Wildman–Crippen MR) is 200 cm³/mol. The smallest absolute Gasteiger partial charge is 0.160 e. The quantitative estimate of drug-likeness (QED) is 0.118. The zero-order chi connectivity index (χ0) is 35.9. The molecule has 0 bridgehead atoms. The van der Waals surface area contributed by atoms with Gasteiger partial charge in [-0.1, -0.05) is 63.4 Å². The van der Waals surface area contributed by atoms with Gasteiger partial charge in [-0.2, -0.15) is 10.2 Å². The number of pyridine rings is 2. The molecule has 51 heavy (non-hydrogen) atoms. The van der Waals surface area contributed by atoms with Crippen molar-refractivity contribution in [2.45, 2.75) is 25.3 Å². The van der Waals surface area contributed by atoms with Crippen molar-refractivity contribution in [2.75, 3.05) is 52.4 Å². The van der Waals surface area contributed by atoms with Gasteiger partial charge in [0.05, 0.1) is 40.5 Å². The number of methoxy groups -OCH3 is 2. The van der Waals surface area contributed by atoms with Crippen LogP contribution in [0, 0.1) is 0 Å². The van der Waals surface area contributed by atoms with Crippen LogP contribution in [0.2, 0.25) is 10.3 Å². The monoisotopic (exact) mass is 797 g/mol. The minimum atomic E-state index is -0.708. The number of hydrogen-bond donors (Lipinski definition) is 2. The normalized spacial score (nSPS) is 14.6. The molecule has 0 aliphatic carbocycles. The number of benzene rings is 2. The summed E-state index contributed by atoms with van der Waals surface area (Å²) in [5.41, 5.74) is 4.65. The van der Waals surface area contributed by atoms with Crippen LogP contribution in [0.15, 0.2) is 72.8 Å². The topological polar surface area (TPSA) is 133 Å². The van der Waals surface area contributed by atoms with Gasteiger partial charge in [-0.15, -0.1) is 0 Å². The van der Waals surface area contributed by atoms with E-state index in [9.17, 15) is 10.2 Å². The van der Waals surface area contributed by atoms with Crippen LogP contribution in [-0.2, 0) is 17.8 Å². The molecular weight excluding hydrogens is 761 g/mol. The fourth-order valence-corrected chi connectivity index (χ4v) is 6.41. The maximum atomic E-state index is 10.9. The number of halogens is 3. The first-order valence-electron chi connectivity index (χ1n) is 16.3. The van der Waals surface area contributed by atoms with Gasteiger partial charge in [0.25, 0.3) is 0 Å². The third-order valence-corrected chi connectivity index (χ3v) is 9.51. The first kappa shape index (κ1) is 37.0. The average Bonchev–Trinajstić information content (AvgIpc) is 3.69. The second-order valence-electron chi connectivity index (χ2n) is 11.9. The summed E-state index contributed by atoms with van der Waals surface area (Å²) in [6.45, 7) is 4.58. The molecule has 1 aliphatic rings. The van der Waals surface area contributed by atoms with Crippen molar-refractivity contribution < 1.29 is 24.4 Å². The number of aromatic nitrogens is 6. The van der Waals surface area contributed by atoms with Crippen LogP contribution in [0.25, 0.3) is 22.1 Å². The summed E-state index contributed by atoms with van der Waals surface area (Å²) in [6, 6.07) is 22.7. The number of β-amino-alcohol motifs (C(OH)–C–C–N with tert-alkyl or cyclic N) is 1. The van der Waals surface area contributed by atoms with Crippen LogP contribution in [-0.4, -0.2) is 97.0 Å². The highest BCUT2D eigenvalue weighted by Gasteiger charge is 2.23. The first-order chi connectivity index (χ1) is 24.8. The number of morpholine rings is 1. The van der Waals surface area contributed by atoms with E-state index in [1.165, 1.54) is 0 Å². The lowest BCUT2D eigenvalue weighted by atomic mass is 10.1. The number of aliphatic hydroxyl groups excluding tert-OH is 2. The molecule has 1 aliphatic heterocycles. The Labute approximate surface area is 313 Å². The molecule has 5 heterocycles. The van der Waals surface area contributed by atoms with Crippen LogP contribution < -0.4 is 9.47 Å². The summed E-state index contributed by atoms with van der Waals surface area (Å²) in [6.07, 6.45) is -1.40. The van der Waals surface area contributed by atoms with Crippen molar-refractivity contribution in [3.63, 3.8) is 0 Å². The van der Waals surface area contributed by atoms with Crippen molar-refractivity contribution in [3.05, 3.63) is 106 Å². The van der Waals surface area contributed by atoms with Crippen LogP contribution in [0.4, 0.5) is 0 Å². The van der Waals surface area contributed by atoms with Crippen molar-refractivity contribution in [1.29, 1.82) is 0 Å². The largest absolute Gasteiger partial charge is 0.497 e. The van der Waals surface area contributed by atoms with E-state index in [0.29, 0.717) is 71.2 Å². The fraction of sp³-hybridized carbons (Fsp3) is 0.333. The van der Waals surface area contributed by atoms with Crippen LogP contribution in [0.3, 0.4) is 0 Å². The number of fused-ring (bicyclic) bond motifs is 2. The van der Waals surface area contributed by atoms with Crippen LogP contribution in [0.1, 0.15) is 34.7 Å². The Morgan fingerprint density at radius 2 is 1.16 bits per heavy atom. The fourth-order valence-electron chi connectivity index (χ4n) is 5.81. The number of ether oxygens (including phenoxy) is 3. The summed E-state index contributed by atoms with van der Waals surface area (Å²) in [4.78, 5) is 11.0. The van der Waals surface area contributed by atoms with Crippen molar-refractivity contribution in [2.24, 2.45) is 0 Å².